The van der Waals surface area contributed by atoms with Crippen LogP contribution in [0.4, 0.5) is 0 Å². The highest BCUT2D eigenvalue weighted by Crippen LogP contribution is 2.23. The fourth-order valence-corrected chi connectivity index (χ4v) is 5.04. The van der Waals surface area contributed by atoms with Gasteiger partial charge in [0.05, 0.1) is 11.5 Å². The standard InChI is InChI=1S/C20H33N3O2S.HI/c1-17(2)14-19-10-12-23(15-19)20(21-3)22-11-7-13-26(24,25)16-18-8-5-4-6-9-18;/h4-6,8-9,17,19H,7,10-16H2,1-3H3,(H,21,22);1H. The molecule has 1 saturated heterocycles. The van der Waals surface area contributed by atoms with Crippen LogP contribution in [0.2, 0.25) is 0 Å². The van der Waals surface area contributed by atoms with Crippen molar-refractivity contribution in [1.82, 2.24) is 10.2 Å². The Kier molecular flexibility index (Phi) is 10.7. The Balaban J connectivity index is 0.00000364. The maximum absolute atomic E-state index is 12.2. The molecular formula is C20H34IN3O2S. The Morgan fingerprint density at radius 3 is 2.63 bits per heavy atom. The van der Waals surface area contributed by atoms with Gasteiger partial charge in [-0.05, 0) is 36.7 Å². The average Bonchev–Trinajstić information content (AvgIpc) is 3.03. The van der Waals surface area contributed by atoms with E-state index in [0.717, 1.165) is 36.4 Å². The van der Waals surface area contributed by atoms with Crippen molar-refractivity contribution >= 4 is 39.8 Å². The molecule has 1 aromatic carbocycles. The highest BCUT2D eigenvalue weighted by molar-refractivity contribution is 14.0. The van der Waals surface area contributed by atoms with Crippen molar-refractivity contribution in [2.45, 2.75) is 38.9 Å². The minimum absolute atomic E-state index is 0. The number of hydrogen-bond donors (Lipinski definition) is 1. The van der Waals surface area contributed by atoms with E-state index in [1.807, 2.05) is 30.3 Å². The molecule has 0 spiro atoms. The highest BCUT2D eigenvalue weighted by Gasteiger charge is 2.25. The third-order valence-corrected chi connectivity index (χ3v) is 6.43. The van der Waals surface area contributed by atoms with Crippen molar-refractivity contribution in [2.75, 3.05) is 32.4 Å². The van der Waals surface area contributed by atoms with Crippen molar-refractivity contribution in [3.05, 3.63) is 35.9 Å². The molecule has 1 fully saturated rings. The van der Waals surface area contributed by atoms with Gasteiger partial charge in [0.2, 0.25) is 0 Å². The predicted octanol–water partition coefficient (Wildman–Crippen LogP) is 3.55. The lowest BCUT2D eigenvalue weighted by Gasteiger charge is -2.22. The quantitative estimate of drug-likeness (QED) is 0.253. The number of likely N-dealkylation sites (tertiary alicyclic amines) is 1. The zero-order valence-corrected chi connectivity index (χ0v) is 19.9. The number of guanidine groups is 1. The van der Waals surface area contributed by atoms with Crippen molar-refractivity contribution < 1.29 is 8.42 Å². The van der Waals surface area contributed by atoms with E-state index >= 15 is 0 Å². The van der Waals surface area contributed by atoms with Gasteiger partial charge in [-0.3, -0.25) is 4.99 Å². The molecule has 0 radical (unpaired) electrons. The first-order chi connectivity index (χ1) is 12.4. The number of nitrogens with one attached hydrogen (secondary N) is 1. The Morgan fingerprint density at radius 1 is 1.30 bits per heavy atom. The fraction of sp³-hybridized carbons (Fsp3) is 0.650. The van der Waals surface area contributed by atoms with Crippen LogP contribution in [-0.2, 0) is 15.6 Å². The topological polar surface area (TPSA) is 61.8 Å². The molecule has 0 saturated carbocycles. The largest absolute Gasteiger partial charge is 0.356 e. The molecule has 0 bridgehead atoms. The molecule has 1 N–H and O–H groups in total. The molecule has 1 atom stereocenters. The molecule has 0 aliphatic carbocycles. The van der Waals surface area contributed by atoms with Crippen LogP contribution in [0.25, 0.3) is 0 Å². The summed E-state index contributed by atoms with van der Waals surface area (Å²) >= 11 is 0. The average molecular weight is 507 g/mol. The number of sulfone groups is 1. The zero-order chi connectivity index (χ0) is 19.0. The lowest BCUT2D eigenvalue weighted by atomic mass is 9.97. The van der Waals surface area contributed by atoms with Crippen LogP contribution < -0.4 is 5.32 Å². The number of aliphatic imine (C=N–C) groups is 1. The summed E-state index contributed by atoms with van der Waals surface area (Å²) in [6.07, 6.45) is 3.06. The van der Waals surface area contributed by atoms with Gasteiger partial charge in [0.15, 0.2) is 15.8 Å². The van der Waals surface area contributed by atoms with E-state index in [9.17, 15) is 8.42 Å². The van der Waals surface area contributed by atoms with Gasteiger partial charge in [-0.15, -0.1) is 24.0 Å². The smallest absolute Gasteiger partial charge is 0.193 e. The maximum Gasteiger partial charge on any atom is 0.193 e. The number of benzene rings is 1. The zero-order valence-electron chi connectivity index (χ0n) is 16.7. The van der Waals surface area contributed by atoms with Gasteiger partial charge in [0, 0.05) is 26.7 Å². The Hall–Kier alpha value is -0.830. The summed E-state index contributed by atoms with van der Waals surface area (Å²) in [5.41, 5.74) is 0.851. The van der Waals surface area contributed by atoms with Crippen LogP contribution in [-0.4, -0.2) is 51.7 Å². The first-order valence-corrected chi connectivity index (χ1v) is 11.4. The second kappa shape index (κ2) is 11.9. The number of nitrogens with zero attached hydrogens (tertiary/aromatic N) is 2. The normalized spacial score (nSPS) is 17.9. The molecule has 1 unspecified atom stereocenters. The third-order valence-electron chi connectivity index (χ3n) is 4.75. The van der Waals surface area contributed by atoms with Crippen molar-refractivity contribution in [3.8, 4) is 0 Å². The minimum Gasteiger partial charge on any atom is -0.356 e. The molecule has 154 valence electrons. The van der Waals surface area contributed by atoms with Gasteiger partial charge < -0.3 is 10.2 Å². The minimum atomic E-state index is -3.07. The van der Waals surface area contributed by atoms with Crippen LogP contribution in [0, 0.1) is 11.8 Å². The summed E-state index contributed by atoms with van der Waals surface area (Å²) in [7, 11) is -1.28. The van der Waals surface area contributed by atoms with Crippen LogP contribution >= 0.6 is 24.0 Å². The molecule has 1 aliphatic rings. The van der Waals surface area contributed by atoms with Gasteiger partial charge in [0.25, 0.3) is 0 Å². The predicted molar refractivity (Wildman–Crippen MR) is 124 cm³/mol. The number of rotatable bonds is 8. The van der Waals surface area contributed by atoms with E-state index < -0.39 is 9.84 Å². The first kappa shape index (κ1) is 24.2. The second-order valence-corrected chi connectivity index (χ2v) is 9.82. The Labute approximate surface area is 182 Å². The number of halogens is 1. The van der Waals surface area contributed by atoms with Gasteiger partial charge in [-0.25, -0.2) is 8.42 Å². The van der Waals surface area contributed by atoms with Crippen molar-refractivity contribution in [2.24, 2.45) is 16.8 Å². The van der Waals surface area contributed by atoms with E-state index in [0.29, 0.717) is 13.0 Å². The SMILES string of the molecule is CN=C(NCCCS(=O)(=O)Cc1ccccc1)N1CCC(CC(C)C)C1.I. The summed E-state index contributed by atoms with van der Waals surface area (Å²) in [6.45, 7) is 7.25. The molecule has 0 amide bonds. The van der Waals surface area contributed by atoms with Crippen LogP contribution in [0.3, 0.4) is 0 Å². The van der Waals surface area contributed by atoms with E-state index in [-0.39, 0.29) is 35.5 Å². The van der Waals surface area contributed by atoms with E-state index in [2.05, 4.69) is 29.1 Å². The monoisotopic (exact) mass is 507 g/mol. The van der Waals surface area contributed by atoms with E-state index in [1.165, 1.54) is 12.8 Å². The molecule has 2 rings (SSSR count). The van der Waals surface area contributed by atoms with E-state index in [1.54, 1.807) is 7.05 Å². The molecule has 0 aromatic heterocycles. The van der Waals surface area contributed by atoms with Gasteiger partial charge in [0.1, 0.15) is 0 Å². The molecule has 7 heteroatoms. The lowest BCUT2D eigenvalue weighted by molar-refractivity contribution is 0.403. The van der Waals surface area contributed by atoms with Gasteiger partial charge >= 0.3 is 0 Å². The Morgan fingerprint density at radius 2 is 2.00 bits per heavy atom. The lowest BCUT2D eigenvalue weighted by Crippen LogP contribution is -2.40. The Bertz CT molecular complexity index is 678. The second-order valence-electron chi connectivity index (χ2n) is 7.64. The molecule has 27 heavy (non-hydrogen) atoms. The fourth-order valence-electron chi connectivity index (χ4n) is 3.61. The van der Waals surface area contributed by atoms with Crippen LogP contribution in [0.1, 0.15) is 38.7 Å². The van der Waals surface area contributed by atoms with Gasteiger partial charge in [-0.1, -0.05) is 44.2 Å². The van der Waals surface area contributed by atoms with E-state index in [4.69, 9.17) is 0 Å². The summed E-state index contributed by atoms with van der Waals surface area (Å²) in [5, 5.41) is 3.33. The maximum atomic E-state index is 12.2. The van der Waals surface area contributed by atoms with Crippen molar-refractivity contribution in [1.29, 1.82) is 0 Å². The molecule has 5 nitrogen and oxygen atoms in total. The molecule has 1 aromatic rings. The van der Waals surface area contributed by atoms with Crippen LogP contribution in [0.15, 0.2) is 35.3 Å². The molecule has 1 heterocycles. The summed E-state index contributed by atoms with van der Waals surface area (Å²) < 4.78 is 24.5. The third kappa shape index (κ3) is 8.81. The molecular weight excluding hydrogens is 473 g/mol. The number of hydrogen-bond acceptors (Lipinski definition) is 3. The summed E-state index contributed by atoms with van der Waals surface area (Å²) in [5.74, 6) is 2.68. The highest BCUT2D eigenvalue weighted by atomic mass is 127. The van der Waals surface area contributed by atoms with Crippen molar-refractivity contribution in [3.63, 3.8) is 0 Å². The molecule has 1 aliphatic heterocycles. The van der Waals surface area contributed by atoms with Gasteiger partial charge in [-0.2, -0.15) is 0 Å². The van der Waals surface area contributed by atoms with Crippen LogP contribution in [0.5, 0.6) is 0 Å². The first-order valence-electron chi connectivity index (χ1n) is 9.59. The summed E-state index contributed by atoms with van der Waals surface area (Å²) in [4.78, 5) is 6.66. The summed E-state index contributed by atoms with van der Waals surface area (Å²) in [6, 6.07) is 9.37.